The summed E-state index contributed by atoms with van der Waals surface area (Å²) in [5.74, 6) is -0.408. The number of nitrogens with one attached hydrogen (secondary N) is 1. The fraction of sp³-hybridized carbons (Fsp3) is 0.111. The molecule has 0 aliphatic rings. The van der Waals surface area contributed by atoms with Crippen molar-refractivity contribution in [3.63, 3.8) is 0 Å². The number of carbonyl (C=O) groups excluding carboxylic acids is 1. The van der Waals surface area contributed by atoms with E-state index in [1.165, 1.54) is 12.1 Å². The van der Waals surface area contributed by atoms with Crippen LogP contribution in [0.5, 0.6) is 0 Å². The van der Waals surface area contributed by atoms with Crippen molar-refractivity contribution in [2.45, 2.75) is 12.7 Å². The Morgan fingerprint density at radius 3 is 2.54 bits per heavy atom. The number of amides is 1. The molecule has 3 rings (SSSR count). The van der Waals surface area contributed by atoms with Gasteiger partial charge in [-0.1, -0.05) is 29.8 Å². The van der Waals surface area contributed by atoms with E-state index in [9.17, 15) is 18.0 Å². The molecule has 0 saturated heterocycles. The second kappa shape index (κ2) is 7.21. The highest BCUT2D eigenvalue weighted by molar-refractivity contribution is 6.30. The maximum absolute atomic E-state index is 12.7. The lowest BCUT2D eigenvalue weighted by Crippen LogP contribution is -2.14. The maximum atomic E-state index is 12.7. The van der Waals surface area contributed by atoms with Gasteiger partial charge in [-0.25, -0.2) is 0 Å². The summed E-state index contributed by atoms with van der Waals surface area (Å²) in [6.45, 7) is 0.469. The van der Waals surface area contributed by atoms with E-state index in [1.54, 1.807) is 29.1 Å². The van der Waals surface area contributed by atoms with Crippen molar-refractivity contribution in [2.75, 3.05) is 5.32 Å². The smallest absolute Gasteiger partial charge is 0.305 e. The van der Waals surface area contributed by atoms with Gasteiger partial charge in [0.1, 0.15) is 0 Å². The Hall–Kier alpha value is -2.80. The highest BCUT2D eigenvalue weighted by Gasteiger charge is 2.30. The third-order valence-corrected chi connectivity index (χ3v) is 3.84. The summed E-state index contributed by atoms with van der Waals surface area (Å²) in [5, 5.41) is 7.31. The van der Waals surface area contributed by atoms with E-state index in [2.05, 4.69) is 10.4 Å². The molecule has 0 unspecified atom stereocenters. The first-order valence-corrected chi connectivity index (χ1v) is 7.95. The molecule has 8 heteroatoms. The van der Waals surface area contributed by atoms with Crippen LogP contribution in [-0.2, 0) is 12.7 Å². The normalized spacial score (nSPS) is 11.4. The van der Waals surface area contributed by atoms with Crippen molar-refractivity contribution >= 4 is 23.3 Å². The summed E-state index contributed by atoms with van der Waals surface area (Å²) in [6, 6.07) is 13.0. The van der Waals surface area contributed by atoms with Crippen molar-refractivity contribution in [1.29, 1.82) is 0 Å². The minimum Gasteiger partial charge on any atom is -0.305 e. The largest absolute Gasteiger partial charge is 0.416 e. The number of anilines is 1. The number of aromatic nitrogens is 2. The summed E-state index contributed by atoms with van der Waals surface area (Å²) in [6.07, 6.45) is -2.84. The van der Waals surface area contributed by atoms with Gasteiger partial charge in [0.05, 0.1) is 12.1 Å². The molecule has 1 amide bonds. The van der Waals surface area contributed by atoms with Crippen LogP contribution >= 0.6 is 11.6 Å². The van der Waals surface area contributed by atoms with Crippen molar-refractivity contribution in [3.8, 4) is 0 Å². The molecule has 0 fully saturated rings. The minimum atomic E-state index is -4.50. The van der Waals surface area contributed by atoms with Gasteiger partial charge in [-0.05, 0) is 35.9 Å². The topological polar surface area (TPSA) is 46.9 Å². The number of alkyl halides is 3. The average molecular weight is 380 g/mol. The van der Waals surface area contributed by atoms with E-state index in [-0.39, 0.29) is 11.4 Å². The van der Waals surface area contributed by atoms with E-state index < -0.39 is 17.6 Å². The third kappa shape index (κ3) is 4.43. The predicted molar refractivity (Wildman–Crippen MR) is 92.2 cm³/mol. The fourth-order valence-corrected chi connectivity index (χ4v) is 2.44. The Bertz CT molecular complexity index is 920. The molecule has 0 bridgehead atoms. The number of halogens is 4. The molecule has 4 nitrogen and oxygen atoms in total. The Balaban J connectivity index is 1.69. The molecule has 0 aliphatic heterocycles. The zero-order chi connectivity index (χ0) is 18.7. The molecule has 0 saturated carbocycles. The lowest BCUT2D eigenvalue weighted by atomic mass is 10.1. The number of nitrogens with zero attached hydrogens (tertiary/aromatic N) is 2. The summed E-state index contributed by atoms with van der Waals surface area (Å²) < 4.78 is 39.8. The molecule has 1 heterocycles. The van der Waals surface area contributed by atoms with Crippen molar-refractivity contribution < 1.29 is 18.0 Å². The van der Waals surface area contributed by atoms with E-state index in [0.717, 1.165) is 17.7 Å². The number of hydrogen-bond donors (Lipinski definition) is 1. The van der Waals surface area contributed by atoms with Gasteiger partial charge in [0.25, 0.3) is 5.91 Å². The lowest BCUT2D eigenvalue weighted by molar-refractivity contribution is -0.137. The number of benzene rings is 2. The van der Waals surface area contributed by atoms with E-state index in [4.69, 9.17) is 11.6 Å². The summed E-state index contributed by atoms with van der Waals surface area (Å²) in [7, 11) is 0. The molecule has 0 spiro atoms. The van der Waals surface area contributed by atoms with Gasteiger partial charge < -0.3 is 5.32 Å². The first-order chi connectivity index (χ1) is 12.3. The van der Waals surface area contributed by atoms with Crippen LogP contribution in [0.15, 0.2) is 60.8 Å². The van der Waals surface area contributed by atoms with Crippen molar-refractivity contribution in [1.82, 2.24) is 9.78 Å². The molecule has 1 aromatic heterocycles. The second-order valence-electron chi connectivity index (χ2n) is 5.56. The Kier molecular flexibility index (Phi) is 4.99. The van der Waals surface area contributed by atoms with Gasteiger partial charge in [-0.15, -0.1) is 0 Å². The van der Waals surface area contributed by atoms with Crippen LogP contribution in [0, 0.1) is 0 Å². The second-order valence-corrected chi connectivity index (χ2v) is 5.99. The zero-order valence-corrected chi connectivity index (χ0v) is 14.1. The summed E-state index contributed by atoms with van der Waals surface area (Å²) in [5.41, 5.74) is -0.00116. The van der Waals surface area contributed by atoms with Gasteiger partial charge in [0.2, 0.25) is 0 Å². The van der Waals surface area contributed by atoms with Crippen LogP contribution < -0.4 is 5.32 Å². The molecular formula is C18H13ClF3N3O. The highest BCUT2D eigenvalue weighted by atomic mass is 35.5. The van der Waals surface area contributed by atoms with Gasteiger partial charge >= 0.3 is 6.18 Å². The number of carbonyl (C=O) groups is 1. The molecule has 0 atom stereocenters. The molecule has 0 radical (unpaired) electrons. The van der Waals surface area contributed by atoms with E-state index in [0.29, 0.717) is 11.6 Å². The van der Waals surface area contributed by atoms with E-state index >= 15 is 0 Å². The molecule has 134 valence electrons. The van der Waals surface area contributed by atoms with Gasteiger partial charge in [-0.3, -0.25) is 9.48 Å². The monoisotopic (exact) mass is 379 g/mol. The first kappa shape index (κ1) is 18.0. The Labute approximate surface area is 152 Å². The summed E-state index contributed by atoms with van der Waals surface area (Å²) >= 11 is 5.83. The van der Waals surface area contributed by atoms with Crippen LogP contribution in [0.1, 0.15) is 21.5 Å². The SMILES string of the molecule is O=C(Nc1ccn(Cc2ccc(Cl)cc2)n1)c1cccc(C(F)(F)F)c1. The van der Waals surface area contributed by atoms with Crippen LogP contribution in [-0.4, -0.2) is 15.7 Å². The minimum absolute atomic E-state index is 0.0907. The number of hydrogen-bond acceptors (Lipinski definition) is 2. The van der Waals surface area contributed by atoms with Gasteiger partial charge in [-0.2, -0.15) is 18.3 Å². The molecule has 1 N–H and O–H groups in total. The standard InChI is InChI=1S/C18H13ClF3N3O/c19-15-6-4-12(5-7-15)11-25-9-8-16(24-25)23-17(26)13-2-1-3-14(10-13)18(20,21)22/h1-10H,11H2,(H,23,24,26). The highest BCUT2D eigenvalue weighted by Crippen LogP contribution is 2.29. The quantitative estimate of drug-likeness (QED) is 0.704. The fourth-order valence-electron chi connectivity index (χ4n) is 2.32. The maximum Gasteiger partial charge on any atom is 0.416 e. The third-order valence-electron chi connectivity index (χ3n) is 3.59. The van der Waals surface area contributed by atoms with E-state index in [1.807, 2.05) is 12.1 Å². The first-order valence-electron chi connectivity index (χ1n) is 7.58. The molecule has 0 aliphatic carbocycles. The molecular weight excluding hydrogens is 367 g/mol. The predicted octanol–water partition coefficient (Wildman–Crippen LogP) is 4.86. The van der Waals surface area contributed by atoms with Crippen LogP contribution in [0.2, 0.25) is 5.02 Å². The lowest BCUT2D eigenvalue weighted by Gasteiger charge is -2.08. The molecule has 2 aromatic carbocycles. The Morgan fingerprint density at radius 1 is 1.12 bits per heavy atom. The van der Waals surface area contributed by atoms with Crippen LogP contribution in [0.3, 0.4) is 0 Å². The van der Waals surface area contributed by atoms with Crippen LogP contribution in [0.4, 0.5) is 19.0 Å². The molecule has 3 aromatic rings. The zero-order valence-electron chi connectivity index (χ0n) is 13.3. The average Bonchev–Trinajstić information content (AvgIpc) is 3.03. The summed E-state index contributed by atoms with van der Waals surface area (Å²) in [4.78, 5) is 12.2. The van der Waals surface area contributed by atoms with Crippen molar-refractivity contribution in [3.05, 3.63) is 82.5 Å². The van der Waals surface area contributed by atoms with Crippen LogP contribution in [0.25, 0.3) is 0 Å². The van der Waals surface area contributed by atoms with Gasteiger partial charge in [0.15, 0.2) is 5.82 Å². The van der Waals surface area contributed by atoms with Gasteiger partial charge in [0, 0.05) is 22.8 Å². The number of rotatable bonds is 4. The van der Waals surface area contributed by atoms with Crippen molar-refractivity contribution in [2.24, 2.45) is 0 Å². The molecule has 26 heavy (non-hydrogen) atoms. The Morgan fingerprint density at radius 2 is 1.85 bits per heavy atom.